The zero-order valence-electron chi connectivity index (χ0n) is 8.69. The Hall–Kier alpha value is -2.35. The third-order valence-corrected chi connectivity index (χ3v) is 2.25. The van der Waals surface area contributed by atoms with Crippen LogP contribution in [0.25, 0.3) is 0 Å². The summed E-state index contributed by atoms with van der Waals surface area (Å²) >= 11 is 0. The molecule has 0 fully saturated rings. The van der Waals surface area contributed by atoms with Crippen LogP contribution in [0.4, 0.5) is 8.78 Å². The van der Waals surface area contributed by atoms with Gasteiger partial charge in [0, 0.05) is 6.42 Å². The summed E-state index contributed by atoms with van der Waals surface area (Å²) in [7, 11) is 0. The van der Waals surface area contributed by atoms with E-state index in [0.717, 1.165) is 6.33 Å². The predicted molar refractivity (Wildman–Crippen MR) is 55.9 cm³/mol. The molecular formula is C12H7F2N3. The highest BCUT2D eigenvalue weighted by Crippen LogP contribution is 2.12. The van der Waals surface area contributed by atoms with Gasteiger partial charge in [0.1, 0.15) is 18.2 Å². The number of hydrogen-bond acceptors (Lipinski definition) is 3. The molecule has 0 aliphatic carbocycles. The second-order valence-corrected chi connectivity index (χ2v) is 3.40. The summed E-state index contributed by atoms with van der Waals surface area (Å²) in [5.41, 5.74) is 0.563. The first-order valence-electron chi connectivity index (χ1n) is 4.84. The van der Waals surface area contributed by atoms with Gasteiger partial charge < -0.3 is 0 Å². The van der Waals surface area contributed by atoms with Gasteiger partial charge in [-0.15, -0.1) is 0 Å². The molecule has 1 aromatic heterocycles. The molecule has 1 aromatic carbocycles. The van der Waals surface area contributed by atoms with Crippen molar-refractivity contribution in [2.45, 2.75) is 6.42 Å². The number of halogens is 2. The summed E-state index contributed by atoms with van der Waals surface area (Å²) in [6.07, 6.45) is 1.34. The minimum absolute atomic E-state index is 0.128. The molecule has 0 saturated carbocycles. The second kappa shape index (κ2) is 4.66. The van der Waals surface area contributed by atoms with E-state index in [9.17, 15) is 8.78 Å². The monoisotopic (exact) mass is 231 g/mol. The number of rotatable bonds is 2. The molecular weight excluding hydrogens is 224 g/mol. The molecule has 17 heavy (non-hydrogen) atoms. The van der Waals surface area contributed by atoms with Crippen LogP contribution in [-0.4, -0.2) is 9.97 Å². The van der Waals surface area contributed by atoms with Crippen LogP contribution in [0.1, 0.15) is 17.0 Å². The smallest absolute Gasteiger partial charge is 0.181 e. The summed E-state index contributed by atoms with van der Waals surface area (Å²) in [5, 5.41) is 8.62. The van der Waals surface area contributed by atoms with Gasteiger partial charge >= 0.3 is 0 Å². The Bertz CT molecular complexity index is 573. The van der Waals surface area contributed by atoms with E-state index in [1.54, 1.807) is 18.2 Å². The third-order valence-electron chi connectivity index (χ3n) is 2.25. The fraction of sp³-hybridized carbons (Fsp3) is 0.0833. The average Bonchev–Trinajstić information content (AvgIpc) is 2.35. The highest BCUT2D eigenvalue weighted by molar-refractivity contribution is 5.28. The molecule has 1 heterocycles. The van der Waals surface area contributed by atoms with Gasteiger partial charge in [0.25, 0.3) is 0 Å². The maximum atomic E-state index is 13.6. The molecule has 2 rings (SSSR count). The minimum atomic E-state index is -0.723. The fourth-order valence-electron chi connectivity index (χ4n) is 1.40. The zero-order chi connectivity index (χ0) is 12.3. The van der Waals surface area contributed by atoms with Crippen molar-refractivity contribution in [3.63, 3.8) is 0 Å². The molecule has 0 bridgehead atoms. The molecule has 0 N–H and O–H groups in total. The lowest BCUT2D eigenvalue weighted by Gasteiger charge is -2.02. The maximum Gasteiger partial charge on any atom is 0.181 e. The quantitative estimate of drug-likeness (QED) is 0.796. The zero-order valence-corrected chi connectivity index (χ0v) is 8.69. The van der Waals surface area contributed by atoms with E-state index < -0.39 is 5.82 Å². The Balaban J connectivity index is 2.31. The molecule has 2 aromatic rings. The molecule has 5 heteroatoms. The topological polar surface area (TPSA) is 49.6 Å². The van der Waals surface area contributed by atoms with Crippen molar-refractivity contribution >= 4 is 0 Å². The van der Waals surface area contributed by atoms with Gasteiger partial charge in [0.2, 0.25) is 0 Å². The number of nitrogens with zero attached hydrogens (tertiary/aromatic N) is 3. The molecule has 0 unspecified atom stereocenters. The molecule has 0 aliphatic heterocycles. The van der Waals surface area contributed by atoms with Crippen molar-refractivity contribution < 1.29 is 8.78 Å². The van der Waals surface area contributed by atoms with Gasteiger partial charge in [-0.25, -0.2) is 18.7 Å². The summed E-state index contributed by atoms with van der Waals surface area (Å²) < 4.78 is 26.3. The van der Waals surface area contributed by atoms with Crippen LogP contribution in [0.3, 0.4) is 0 Å². The third kappa shape index (κ3) is 2.42. The van der Waals surface area contributed by atoms with Crippen LogP contribution in [0, 0.1) is 23.0 Å². The van der Waals surface area contributed by atoms with Crippen LogP contribution in [0.2, 0.25) is 0 Å². The lowest BCUT2D eigenvalue weighted by Crippen LogP contribution is -2.01. The largest absolute Gasteiger partial charge is 0.238 e. The van der Waals surface area contributed by atoms with E-state index in [1.165, 1.54) is 12.1 Å². The first-order valence-corrected chi connectivity index (χ1v) is 4.84. The lowest BCUT2D eigenvalue weighted by molar-refractivity contribution is 0.590. The highest BCUT2D eigenvalue weighted by Gasteiger charge is 2.10. The Kier molecular flexibility index (Phi) is 3.06. The maximum absolute atomic E-state index is 13.6. The standard InChI is InChI=1S/C12H7F2N3/c13-9-3-1-8(2-4-9)5-10-12(14)11(6-15)17-7-16-10/h1-4,7H,5H2. The van der Waals surface area contributed by atoms with Crippen molar-refractivity contribution in [2.24, 2.45) is 0 Å². The van der Waals surface area contributed by atoms with E-state index in [4.69, 9.17) is 5.26 Å². The molecule has 0 radical (unpaired) electrons. The number of aromatic nitrogens is 2. The van der Waals surface area contributed by atoms with Crippen LogP contribution in [0.15, 0.2) is 30.6 Å². The van der Waals surface area contributed by atoms with Crippen molar-refractivity contribution in [3.05, 3.63) is 59.2 Å². The van der Waals surface area contributed by atoms with E-state index in [1.807, 2.05) is 0 Å². The molecule has 0 saturated heterocycles. The summed E-state index contributed by atoms with van der Waals surface area (Å²) in [4.78, 5) is 7.28. The second-order valence-electron chi connectivity index (χ2n) is 3.40. The molecule has 0 aliphatic rings. The fourth-order valence-corrected chi connectivity index (χ4v) is 1.40. The first kappa shape index (κ1) is 11.1. The number of hydrogen-bond donors (Lipinski definition) is 0. The van der Waals surface area contributed by atoms with Gasteiger partial charge in [-0.05, 0) is 17.7 Å². The molecule has 84 valence electrons. The summed E-state index contributed by atoms with van der Waals surface area (Å²) in [6.45, 7) is 0. The number of nitriles is 1. The molecule has 0 spiro atoms. The van der Waals surface area contributed by atoms with Crippen molar-refractivity contribution in [1.29, 1.82) is 5.26 Å². The Labute approximate surface area is 96.4 Å². The normalized spacial score (nSPS) is 9.94. The minimum Gasteiger partial charge on any atom is -0.238 e. The van der Waals surface area contributed by atoms with Crippen molar-refractivity contribution in [2.75, 3.05) is 0 Å². The predicted octanol–water partition coefficient (Wildman–Crippen LogP) is 2.22. The van der Waals surface area contributed by atoms with Gasteiger partial charge in [-0.1, -0.05) is 12.1 Å². The van der Waals surface area contributed by atoms with Gasteiger partial charge in [-0.3, -0.25) is 0 Å². The van der Waals surface area contributed by atoms with Gasteiger partial charge in [0.15, 0.2) is 11.5 Å². The van der Waals surface area contributed by atoms with E-state index in [2.05, 4.69) is 9.97 Å². The molecule has 3 nitrogen and oxygen atoms in total. The first-order chi connectivity index (χ1) is 8.20. The highest BCUT2D eigenvalue weighted by atomic mass is 19.1. The molecule has 0 atom stereocenters. The van der Waals surface area contributed by atoms with E-state index in [0.29, 0.717) is 5.56 Å². The van der Waals surface area contributed by atoms with E-state index >= 15 is 0 Å². The SMILES string of the molecule is N#Cc1ncnc(Cc2ccc(F)cc2)c1F. The van der Waals surface area contributed by atoms with Crippen LogP contribution in [0.5, 0.6) is 0 Å². The average molecular weight is 231 g/mol. The van der Waals surface area contributed by atoms with Gasteiger partial charge in [0.05, 0.1) is 5.69 Å². The Morgan fingerprint density at radius 1 is 1.12 bits per heavy atom. The van der Waals surface area contributed by atoms with Crippen molar-refractivity contribution in [1.82, 2.24) is 9.97 Å². The Morgan fingerprint density at radius 3 is 2.47 bits per heavy atom. The van der Waals surface area contributed by atoms with E-state index in [-0.39, 0.29) is 23.6 Å². The van der Waals surface area contributed by atoms with Crippen LogP contribution < -0.4 is 0 Å². The summed E-state index contributed by atoms with van der Waals surface area (Å²) in [6, 6.07) is 7.32. The lowest BCUT2D eigenvalue weighted by atomic mass is 10.1. The number of benzene rings is 1. The van der Waals surface area contributed by atoms with Crippen molar-refractivity contribution in [3.8, 4) is 6.07 Å². The Morgan fingerprint density at radius 2 is 1.82 bits per heavy atom. The van der Waals surface area contributed by atoms with Crippen LogP contribution in [-0.2, 0) is 6.42 Å². The molecule has 0 amide bonds. The summed E-state index contributed by atoms with van der Waals surface area (Å²) in [5.74, 6) is -1.08. The van der Waals surface area contributed by atoms with Gasteiger partial charge in [-0.2, -0.15) is 5.26 Å². The van der Waals surface area contributed by atoms with Crippen LogP contribution >= 0.6 is 0 Å².